The van der Waals surface area contributed by atoms with Crippen molar-refractivity contribution in [1.82, 2.24) is 5.32 Å². The van der Waals surface area contributed by atoms with Gasteiger partial charge in [0.15, 0.2) is 0 Å². The largest absolute Gasteiger partial charge is 0.379 e. The van der Waals surface area contributed by atoms with Crippen LogP contribution in [0.4, 0.5) is 0 Å². The third-order valence-electron chi connectivity index (χ3n) is 2.28. The highest BCUT2D eigenvalue weighted by Gasteiger charge is 2.17. The van der Waals surface area contributed by atoms with Crippen molar-refractivity contribution in [3.05, 3.63) is 0 Å². The summed E-state index contributed by atoms with van der Waals surface area (Å²) in [6.07, 6.45) is 1.24. The monoisotopic (exact) mass is 143 g/mol. The maximum atomic E-state index is 5.34. The smallest absolute Gasteiger partial charge is 0.0622 e. The Labute approximate surface area is 63.0 Å². The Morgan fingerprint density at radius 3 is 3.00 bits per heavy atom. The van der Waals surface area contributed by atoms with Gasteiger partial charge in [-0.1, -0.05) is 20.3 Å². The summed E-state index contributed by atoms with van der Waals surface area (Å²) in [7, 11) is 0. The molecule has 10 heavy (non-hydrogen) atoms. The van der Waals surface area contributed by atoms with Crippen LogP contribution in [-0.2, 0) is 4.74 Å². The molecule has 0 aromatic heterocycles. The van der Waals surface area contributed by atoms with Gasteiger partial charge >= 0.3 is 0 Å². The normalized spacial score (nSPS) is 30.0. The van der Waals surface area contributed by atoms with E-state index >= 15 is 0 Å². The predicted octanol–water partition coefficient (Wildman–Crippen LogP) is 1.02. The van der Waals surface area contributed by atoms with Crippen LogP contribution in [0.1, 0.15) is 20.3 Å². The molecule has 2 atom stereocenters. The first kappa shape index (κ1) is 8.02. The third-order valence-corrected chi connectivity index (χ3v) is 2.28. The number of hydrogen-bond donors (Lipinski definition) is 1. The molecule has 2 heteroatoms. The SMILES string of the molecule is CC[C@@H](C)[C@H]1COCCN1. The van der Waals surface area contributed by atoms with Crippen molar-refractivity contribution < 1.29 is 4.74 Å². The van der Waals surface area contributed by atoms with Gasteiger partial charge in [-0.15, -0.1) is 0 Å². The van der Waals surface area contributed by atoms with Gasteiger partial charge in [0, 0.05) is 12.6 Å². The second-order valence-corrected chi connectivity index (χ2v) is 3.02. The van der Waals surface area contributed by atoms with E-state index in [2.05, 4.69) is 19.2 Å². The van der Waals surface area contributed by atoms with Crippen LogP contribution in [0.3, 0.4) is 0 Å². The number of ether oxygens (including phenoxy) is 1. The van der Waals surface area contributed by atoms with Crippen molar-refractivity contribution in [1.29, 1.82) is 0 Å². The van der Waals surface area contributed by atoms with Crippen molar-refractivity contribution in [2.45, 2.75) is 26.3 Å². The lowest BCUT2D eigenvalue weighted by Crippen LogP contribution is -2.45. The van der Waals surface area contributed by atoms with Crippen LogP contribution < -0.4 is 5.32 Å². The van der Waals surface area contributed by atoms with Crippen molar-refractivity contribution in [2.75, 3.05) is 19.8 Å². The Kier molecular flexibility index (Phi) is 3.16. The molecule has 1 aliphatic rings. The highest BCUT2D eigenvalue weighted by molar-refractivity contribution is 4.74. The van der Waals surface area contributed by atoms with Gasteiger partial charge in [0.2, 0.25) is 0 Å². The highest BCUT2D eigenvalue weighted by Crippen LogP contribution is 2.09. The van der Waals surface area contributed by atoms with Crippen molar-refractivity contribution >= 4 is 0 Å². The van der Waals surface area contributed by atoms with Crippen LogP contribution in [0.2, 0.25) is 0 Å². The molecule has 0 saturated carbocycles. The van der Waals surface area contributed by atoms with Crippen LogP contribution >= 0.6 is 0 Å². The predicted molar refractivity (Wildman–Crippen MR) is 42.1 cm³/mol. The summed E-state index contributed by atoms with van der Waals surface area (Å²) < 4.78 is 5.34. The Balaban J connectivity index is 2.24. The number of rotatable bonds is 2. The number of nitrogens with one attached hydrogen (secondary N) is 1. The molecular formula is C8H17NO. The summed E-state index contributed by atoms with van der Waals surface area (Å²) in [5.41, 5.74) is 0. The topological polar surface area (TPSA) is 21.3 Å². The summed E-state index contributed by atoms with van der Waals surface area (Å²) in [6, 6.07) is 0.596. The van der Waals surface area contributed by atoms with E-state index in [0.29, 0.717) is 6.04 Å². The van der Waals surface area contributed by atoms with Crippen LogP contribution in [0, 0.1) is 5.92 Å². The minimum atomic E-state index is 0.596. The molecule has 1 saturated heterocycles. The maximum Gasteiger partial charge on any atom is 0.0622 e. The van der Waals surface area contributed by atoms with E-state index in [1.165, 1.54) is 6.42 Å². The van der Waals surface area contributed by atoms with Gasteiger partial charge in [0.1, 0.15) is 0 Å². The molecule has 0 unspecified atom stereocenters. The van der Waals surface area contributed by atoms with E-state index in [-0.39, 0.29) is 0 Å². The lowest BCUT2D eigenvalue weighted by Gasteiger charge is -2.28. The molecule has 0 amide bonds. The Hall–Kier alpha value is -0.0800. The van der Waals surface area contributed by atoms with E-state index in [4.69, 9.17) is 4.74 Å². The lowest BCUT2D eigenvalue weighted by molar-refractivity contribution is 0.0588. The molecule has 0 radical (unpaired) electrons. The summed E-state index contributed by atoms with van der Waals surface area (Å²) in [5.74, 6) is 0.750. The van der Waals surface area contributed by atoms with E-state index in [1.807, 2.05) is 0 Å². The second kappa shape index (κ2) is 3.94. The molecule has 0 aromatic rings. The zero-order valence-corrected chi connectivity index (χ0v) is 6.89. The second-order valence-electron chi connectivity index (χ2n) is 3.02. The maximum absolute atomic E-state index is 5.34. The van der Waals surface area contributed by atoms with Crippen LogP contribution in [0.5, 0.6) is 0 Å². The zero-order chi connectivity index (χ0) is 7.40. The molecule has 60 valence electrons. The minimum Gasteiger partial charge on any atom is -0.379 e. The molecular weight excluding hydrogens is 126 g/mol. The van der Waals surface area contributed by atoms with E-state index < -0.39 is 0 Å². The average Bonchev–Trinajstić information content (AvgIpc) is 2.05. The first-order chi connectivity index (χ1) is 4.84. The van der Waals surface area contributed by atoms with Crippen molar-refractivity contribution in [2.24, 2.45) is 5.92 Å². The first-order valence-corrected chi connectivity index (χ1v) is 4.15. The molecule has 1 N–H and O–H groups in total. The summed E-state index contributed by atoms with van der Waals surface area (Å²) >= 11 is 0. The quantitative estimate of drug-likeness (QED) is 0.623. The Morgan fingerprint density at radius 2 is 2.50 bits per heavy atom. The van der Waals surface area contributed by atoms with Gasteiger partial charge in [0.05, 0.1) is 13.2 Å². The van der Waals surface area contributed by atoms with E-state index in [1.54, 1.807) is 0 Å². The van der Waals surface area contributed by atoms with E-state index in [0.717, 1.165) is 25.7 Å². The van der Waals surface area contributed by atoms with Gasteiger partial charge in [0.25, 0.3) is 0 Å². The molecule has 0 aromatic carbocycles. The first-order valence-electron chi connectivity index (χ1n) is 4.15. The fourth-order valence-corrected chi connectivity index (χ4v) is 1.24. The molecule has 0 aliphatic carbocycles. The van der Waals surface area contributed by atoms with Gasteiger partial charge in [-0.3, -0.25) is 0 Å². The molecule has 2 nitrogen and oxygen atoms in total. The molecule has 0 bridgehead atoms. The van der Waals surface area contributed by atoms with Gasteiger partial charge in [-0.25, -0.2) is 0 Å². The van der Waals surface area contributed by atoms with E-state index in [9.17, 15) is 0 Å². The zero-order valence-electron chi connectivity index (χ0n) is 6.89. The summed E-state index contributed by atoms with van der Waals surface area (Å²) in [6.45, 7) is 7.30. The molecule has 1 aliphatic heterocycles. The van der Waals surface area contributed by atoms with Crippen LogP contribution in [-0.4, -0.2) is 25.8 Å². The van der Waals surface area contributed by atoms with Crippen LogP contribution in [0.15, 0.2) is 0 Å². The van der Waals surface area contributed by atoms with Gasteiger partial charge in [-0.2, -0.15) is 0 Å². The molecule has 0 spiro atoms. The summed E-state index contributed by atoms with van der Waals surface area (Å²) in [4.78, 5) is 0. The number of morpholine rings is 1. The molecule has 1 rings (SSSR count). The Bertz CT molecular complexity index is 89.3. The van der Waals surface area contributed by atoms with Crippen molar-refractivity contribution in [3.8, 4) is 0 Å². The van der Waals surface area contributed by atoms with Crippen molar-refractivity contribution in [3.63, 3.8) is 0 Å². The van der Waals surface area contributed by atoms with Crippen LogP contribution in [0.25, 0.3) is 0 Å². The fraction of sp³-hybridized carbons (Fsp3) is 1.00. The third kappa shape index (κ3) is 1.96. The Morgan fingerprint density at radius 1 is 1.70 bits per heavy atom. The minimum absolute atomic E-state index is 0.596. The standard InChI is InChI=1S/C8H17NO/c1-3-7(2)8-6-10-5-4-9-8/h7-9H,3-6H2,1-2H3/t7-,8-/m1/s1. The molecule has 1 heterocycles. The molecule has 1 fully saturated rings. The fourth-order valence-electron chi connectivity index (χ4n) is 1.24. The lowest BCUT2D eigenvalue weighted by atomic mass is 9.99. The number of hydrogen-bond acceptors (Lipinski definition) is 2. The summed E-state index contributed by atoms with van der Waals surface area (Å²) in [5, 5.41) is 3.44. The highest BCUT2D eigenvalue weighted by atomic mass is 16.5. The van der Waals surface area contributed by atoms with Gasteiger partial charge in [-0.05, 0) is 5.92 Å². The average molecular weight is 143 g/mol. The van der Waals surface area contributed by atoms with Gasteiger partial charge < -0.3 is 10.1 Å².